The van der Waals surface area contributed by atoms with Crippen molar-refractivity contribution < 1.29 is 9.53 Å². The van der Waals surface area contributed by atoms with Crippen LogP contribution in [0.4, 0.5) is 5.69 Å². The van der Waals surface area contributed by atoms with E-state index in [0.717, 1.165) is 50.3 Å². The highest BCUT2D eigenvalue weighted by molar-refractivity contribution is 6.31. The number of ether oxygens (including phenoxy) is 1. The summed E-state index contributed by atoms with van der Waals surface area (Å²) in [5, 5.41) is 6.58. The highest BCUT2D eigenvalue weighted by Gasteiger charge is 2.04. The average molecular weight is 313 g/mol. The molecule has 1 aromatic carbocycles. The van der Waals surface area contributed by atoms with Gasteiger partial charge in [-0.05, 0) is 44.0 Å². The van der Waals surface area contributed by atoms with Gasteiger partial charge in [-0.1, -0.05) is 31.0 Å². The van der Waals surface area contributed by atoms with E-state index in [-0.39, 0.29) is 5.91 Å². The van der Waals surface area contributed by atoms with Gasteiger partial charge in [0.05, 0.1) is 6.54 Å². The second-order valence-electron chi connectivity index (χ2n) is 5.00. The number of anilines is 1. The van der Waals surface area contributed by atoms with Crippen LogP contribution in [0.1, 0.15) is 31.7 Å². The van der Waals surface area contributed by atoms with Crippen LogP contribution < -0.4 is 10.6 Å². The monoisotopic (exact) mass is 312 g/mol. The summed E-state index contributed by atoms with van der Waals surface area (Å²) in [6.07, 6.45) is 3.17. The number of unbranched alkanes of at least 4 members (excludes halogenated alkanes) is 1. The van der Waals surface area contributed by atoms with Crippen molar-refractivity contribution in [3.05, 3.63) is 28.8 Å². The topological polar surface area (TPSA) is 50.4 Å². The lowest BCUT2D eigenvalue weighted by molar-refractivity contribution is -0.115. The molecular formula is C16H25ClN2O2. The largest absolute Gasteiger partial charge is 0.381 e. The number of nitrogens with one attached hydrogen (secondary N) is 2. The van der Waals surface area contributed by atoms with Crippen LogP contribution in [0.5, 0.6) is 0 Å². The smallest absolute Gasteiger partial charge is 0.238 e. The third kappa shape index (κ3) is 8.05. The first-order chi connectivity index (χ1) is 10.1. The van der Waals surface area contributed by atoms with Crippen LogP contribution >= 0.6 is 11.6 Å². The molecule has 2 N–H and O–H groups in total. The molecule has 0 heterocycles. The zero-order chi connectivity index (χ0) is 15.5. The number of hydrogen-bond acceptors (Lipinski definition) is 3. The number of amides is 1. The van der Waals surface area contributed by atoms with Gasteiger partial charge in [-0.2, -0.15) is 0 Å². The first-order valence-electron chi connectivity index (χ1n) is 7.48. The van der Waals surface area contributed by atoms with E-state index in [2.05, 4.69) is 17.6 Å². The van der Waals surface area contributed by atoms with Crippen LogP contribution in [0.25, 0.3) is 0 Å². The molecule has 0 unspecified atom stereocenters. The molecule has 0 atom stereocenters. The van der Waals surface area contributed by atoms with Crippen molar-refractivity contribution in [1.29, 1.82) is 0 Å². The second kappa shape index (κ2) is 10.6. The molecule has 0 fully saturated rings. The number of hydrogen-bond donors (Lipinski definition) is 2. The number of benzene rings is 1. The van der Waals surface area contributed by atoms with Crippen molar-refractivity contribution in [3.63, 3.8) is 0 Å². The summed E-state index contributed by atoms with van der Waals surface area (Å²) in [5.74, 6) is -0.0627. The van der Waals surface area contributed by atoms with E-state index < -0.39 is 0 Å². The molecule has 0 saturated carbocycles. The minimum absolute atomic E-state index is 0.0627. The van der Waals surface area contributed by atoms with Crippen LogP contribution in [0, 0.1) is 6.92 Å². The maximum Gasteiger partial charge on any atom is 0.238 e. The molecule has 118 valence electrons. The van der Waals surface area contributed by atoms with E-state index in [1.165, 1.54) is 0 Å². The van der Waals surface area contributed by atoms with Gasteiger partial charge < -0.3 is 15.4 Å². The number of carbonyl (C=O) groups excluding carboxylic acids is 1. The number of rotatable bonds is 10. The Labute approximate surface area is 132 Å². The standard InChI is InChI=1S/C16H25ClN2O2/c1-3-4-9-21-10-5-8-18-12-16(20)19-15-11-14(17)7-6-13(15)2/h6-7,11,18H,3-5,8-10,12H2,1-2H3,(H,19,20). The van der Waals surface area contributed by atoms with Crippen molar-refractivity contribution in [2.24, 2.45) is 0 Å². The molecule has 21 heavy (non-hydrogen) atoms. The molecule has 1 amide bonds. The van der Waals surface area contributed by atoms with E-state index in [4.69, 9.17) is 16.3 Å². The van der Waals surface area contributed by atoms with Crippen LogP contribution in [0.2, 0.25) is 5.02 Å². The summed E-state index contributed by atoms with van der Waals surface area (Å²) in [7, 11) is 0. The molecule has 0 aromatic heterocycles. The van der Waals surface area contributed by atoms with Crippen molar-refractivity contribution >= 4 is 23.2 Å². The molecule has 0 aliphatic heterocycles. The third-order valence-corrected chi connectivity index (χ3v) is 3.28. The summed E-state index contributed by atoms with van der Waals surface area (Å²) in [5.41, 5.74) is 1.76. The summed E-state index contributed by atoms with van der Waals surface area (Å²) in [6.45, 7) is 6.71. The predicted octanol–water partition coefficient (Wildman–Crippen LogP) is 3.38. The van der Waals surface area contributed by atoms with E-state index in [0.29, 0.717) is 11.6 Å². The normalized spacial score (nSPS) is 10.6. The van der Waals surface area contributed by atoms with Gasteiger partial charge in [0.1, 0.15) is 0 Å². The lowest BCUT2D eigenvalue weighted by Crippen LogP contribution is -2.29. The van der Waals surface area contributed by atoms with Gasteiger partial charge in [-0.15, -0.1) is 0 Å². The van der Waals surface area contributed by atoms with Gasteiger partial charge in [0.25, 0.3) is 0 Å². The van der Waals surface area contributed by atoms with E-state index in [1.807, 2.05) is 19.1 Å². The molecule has 0 aliphatic rings. The van der Waals surface area contributed by atoms with Crippen LogP contribution in [-0.4, -0.2) is 32.2 Å². The Bertz CT molecular complexity index is 438. The Morgan fingerprint density at radius 3 is 2.81 bits per heavy atom. The molecule has 5 heteroatoms. The number of aryl methyl sites for hydroxylation is 1. The fourth-order valence-electron chi connectivity index (χ4n) is 1.77. The zero-order valence-electron chi connectivity index (χ0n) is 12.9. The van der Waals surface area contributed by atoms with Gasteiger partial charge in [0, 0.05) is 23.9 Å². The van der Waals surface area contributed by atoms with Crippen molar-refractivity contribution in [2.45, 2.75) is 33.1 Å². The highest BCUT2D eigenvalue weighted by Crippen LogP contribution is 2.19. The Morgan fingerprint density at radius 1 is 1.29 bits per heavy atom. The summed E-state index contributed by atoms with van der Waals surface area (Å²) in [6, 6.07) is 5.46. The maximum atomic E-state index is 11.8. The van der Waals surface area contributed by atoms with Gasteiger partial charge >= 0.3 is 0 Å². The predicted molar refractivity (Wildman–Crippen MR) is 88.0 cm³/mol. The van der Waals surface area contributed by atoms with Gasteiger partial charge in [0.2, 0.25) is 5.91 Å². The minimum Gasteiger partial charge on any atom is -0.381 e. The Balaban J connectivity index is 2.13. The number of carbonyl (C=O) groups is 1. The van der Waals surface area contributed by atoms with E-state index in [9.17, 15) is 4.79 Å². The van der Waals surface area contributed by atoms with E-state index >= 15 is 0 Å². The molecule has 1 rings (SSSR count). The molecule has 0 spiro atoms. The minimum atomic E-state index is -0.0627. The first kappa shape index (κ1) is 18.0. The molecule has 0 saturated heterocycles. The quantitative estimate of drug-likeness (QED) is 0.651. The molecule has 0 radical (unpaired) electrons. The van der Waals surface area contributed by atoms with Crippen LogP contribution in [-0.2, 0) is 9.53 Å². The average Bonchev–Trinajstić information content (AvgIpc) is 2.46. The van der Waals surface area contributed by atoms with Crippen molar-refractivity contribution in [3.8, 4) is 0 Å². The molecular weight excluding hydrogens is 288 g/mol. The SMILES string of the molecule is CCCCOCCCNCC(=O)Nc1cc(Cl)ccc1C. The maximum absolute atomic E-state index is 11.8. The Hall–Kier alpha value is -1.10. The van der Waals surface area contributed by atoms with E-state index in [1.54, 1.807) is 6.07 Å². The lowest BCUT2D eigenvalue weighted by atomic mass is 10.2. The van der Waals surface area contributed by atoms with Crippen LogP contribution in [0.15, 0.2) is 18.2 Å². The highest BCUT2D eigenvalue weighted by atomic mass is 35.5. The zero-order valence-corrected chi connectivity index (χ0v) is 13.6. The summed E-state index contributed by atoms with van der Waals surface area (Å²) < 4.78 is 5.45. The number of halogens is 1. The lowest BCUT2D eigenvalue weighted by Gasteiger charge is -2.09. The fraction of sp³-hybridized carbons (Fsp3) is 0.562. The van der Waals surface area contributed by atoms with Crippen molar-refractivity contribution in [2.75, 3.05) is 31.6 Å². The molecule has 0 bridgehead atoms. The summed E-state index contributed by atoms with van der Waals surface area (Å²) >= 11 is 5.92. The first-order valence-corrected chi connectivity index (χ1v) is 7.85. The van der Waals surface area contributed by atoms with Gasteiger partial charge in [-0.3, -0.25) is 4.79 Å². The Morgan fingerprint density at radius 2 is 2.05 bits per heavy atom. The fourth-order valence-corrected chi connectivity index (χ4v) is 1.95. The third-order valence-electron chi connectivity index (χ3n) is 3.04. The molecule has 0 aliphatic carbocycles. The summed E-state index contributed by atoms with van der Waals surface area (Å²) in [4.78, 5) is 11.8. The van der Waals surface area contributed by atoms with Gasteiger partial charge in [-0.25, -0.2) is 0 Å². The Kier molecular flexibility index (Phi) is 9.06. The van der Waals surface area contributed by atoms with Crippen LogP contribution in [0.3, 0.4) is 0 Å². The molecule has 4 nitrogen and oxygen atoms in total. The van der Waals surface area contributed by atoms with Gasteiger partial charge in [0.15, 0.2) is 0 Å². The second-order valence-corrected chi connectivity index (χ2v) is 5.44. The van der Waals surface area contributed by atoms with Crippen molar-refractivity contribution in [1.82, 2.24) is 5.32 Å². The molecule has 1 aromatic rings.